The molecule has 16 heavy (non-hydrogen) atoms. The minimum absolute atomic E-state index is 0.00784. The largest absolute Gasteiger partial charge is 0.338 e. The Morgan fingerprint density at radius 2 is 2.12 bits per heavy atom. The first-order chi connectivity index (χ1) is 7.47. The molecule has 0 radical (unpaired) electrons. The summed E-state index contributed by atoms with van der Waals surface area (Å²) in [4.78, 5) is 13.7. The zero-order chi connectivity index (χ0) is 12.3. The van der Waals surface area contributed by atoms with Crippen LogP contribution in [0.5, 0.6) is 0 Å². The Bertz CT molecular complexity index is 393. The summed E-state index contributed by atoms with van der Waals surface area (Å²) in [5, 5.41) is 0.485. The Morgan fingerprint density at radius 3 is 2.62 bits per heavy atom. The number of hydrogen-bond donors (Lipinski definition) is 0. The van der Waals surface area contributed by atoms with E-state index in [0.29, 0.717) is 16.5 Å². The number of amides is 1. The summed E-state index contributed by atoms with van der Waals surface area (Å²) < 4.78 is 0. The van der Waals surface area contributed by atoms with Crippen LogP contribution >= 0.6 is 23.2 Å². The maximum atomic E-state index is 12.1. The van der Waals surface area contributed by atoms with Crippen LogP contribution in [-0.4, -0.2) is 29.8 Å². The van der Waals surface area contributed by atoms with Gasteiger partial charge in [0.2, 0.25) is 0 Å². The lowest BCUT2D eigenvalue weighted by Gasteiger charge is -2.23. The smallest absolute Gasteiger partial charge is 0.255 e. The van der Waals surface area contributed by atoms with E-state index in [1.165, 1.54) is 0 Å². The standard InChI is InChI=1S/C12H15Cl2NO/c1-8-4-5-10(11(14)6-8)12(16)15(3)9(2)7-13/h4-6,9H,7H2,1-3H3. The van der Waals surface area contributed by atoms with E-state index >= 15 is 0 Å². The van der Waals surface area contributed by atoms with E-state index in [0.717, 1.165) is 5.56 Å². The summed E-state index contributed by atoms with van der Waals surface area (Å²) in [7, 11) is 1.73. The molecule has 0 fully saturated rings. The Labute approximate surface area is 106 Å². The zero-order valence-electron chi connectivity index (χ0n) is 9.63. The second-order valence-corrected chi connectivity index (χ2v) is 4.62. The molecule has 0 aliphatic heterocycles. The van der Waals surface area contributed by atoms with Gasteiger partial charge >= 0.3 is 0 Å². The first kappa shape index (κ1) is 13.3. The Morgan fingerprint density at radius 1 is 1.50 bits per heavy atom. The van der Waals surface area contributed by atoms with Crippen molar-refractivity contribution in [3.8, 4) is 0 Å². The van der Waals surface area contributed by atoms with Gasteiger partial charge in [0.1, 0.15) is 0 Å². The molecular formula is C12H15Cl2NO. The van der Waals surface area contributed by atoms with Gasteiger partial charge in [-0.1, -0.05) is 17.7 Å². The van der Waals surface area contributed by atoms with Gasteiger partial charge in [0.25, 0.3) is 5.91 Å². The van der Waals surface area contributed by atoms with Crippen molar-refractivity contribution in [1.82, 2.24) is 4.90 Å². The molecule has 0 aliphatic carbocycles. The van der Waals surface area contributed by atoms with Crippen molar-refractivity contribution < 1.29 is 4.79 Å². The van der Waals surface area contributed by atoms with Crippen LogP contribution in [0.25, 0.3) is 0 Å². The highest BCUT2D eigenvalue weighted by atomic mass is 35.5. The predicted octanol–water partition coefficient (Wildman–Crippen LogP) is 3.35. The number of halogens is 2. The number of alkyl halides is 1. The number of hydrogen-bond acceptors (Lipinski definition) is 1. The zero-order valence-corrected chi connectivity index (χ0v) is 11.1. The first-order valence-electron chi connectivity index (χ1n) is 5.06. The van der Waals surface area contributed by atoms with Gasteiger partial charge < -0.3 is 4.90 Å². The predicted molar refractivity (Wildman–Crippen MR) is 68.5 cm³/mol. The van der Waals surface area contributed by atoms with E-state index in [4.69, 9.17) is 23.2 Å². The number of carbonyl (C=O) groups is 1. The van der Waals surface area contributed by atoms with Crippen molar-refractivity contribution in [3.63, 3.8) is 0 Å². The van der Waals surface area contributed by atoms with E-state index in [1.54, 1.807) is 24.1 Å². The molecule has 1 unspecified atom stereocenters. The van der Waals surface area contributed by atoms with Gasteiger partial charge in [-0.15, -0.1) is 11.6 Å². The molecule has 0 N–H and O–H groups in total. The highest BCUT2D eigenvalue weighted by Crippen LogP contribution is 2.19. The third kappa shape index (κ3) is 2.89. The molecule has 1 atom stereocenters. The number of benzene rings is 1. The molecule has 0 aromatic heterocycles. The van der Waals surface area contributed by atoms with E-state index in [2.05, 4.69) is 0 Å². The summed E-state index contributed by atoms with van der Waals surface area (Å²) >= 11 is 11.8. The van der Waals surface area contributed by atoms with Crippen LogP contribution in [0.3, 0.4) is 0 Å². The van der Waals surface area contributed by atoms with E-state index in [-0.39, 0.29) is 11.9 Å². The lowest BCUT2D eigenvalue weighted by molar-refractivity contribution is 0.0757. The van der Waals surface area contributed by atoms with Crippen LogP contribution in [0.1, 0.15) is 22.8 Å². The Balaban J connectivity index is 2.96. The third-order valence-electron chi connectivity index (χ3n) is 2.56. The fourth-order valence-corrected chi connectivity index (χ4v) is 1.81. The molecular weight excluding hydrogens is 245 g/mol. The molecule has 0 saturated heterocycles. The van der Waals surface area contributed by atoms with Crippen molar-refractivity contribution >= 4 is 29.1 Å². The molecule has 0 bridgehead atoms. The molecule has 4 heteroatoms. The first-order valence-corrected chi connectivity index (χ1v) is 5.98. The maximum absolute atomic E-state index is 12.1. The van der Waals surface area contributed by atoms with Gasteiger partial charge in [-0.3, -0.25) is 4.79 Å². The van der Waals surface area contributed by atoms with Crippen molar-refractivity contribution in [2.24, 2.45) is 0 Å². The lowest BCUT2D eigenvalue weighted by Crippen LogP contribution is -2.36. The topological polar surface area (TPSA) is 20.3 Å². The molecule has 2 nitrogen and oxygen atoms in total. The molecule has 0 saturated carbocycles. The molecule has 0 aliphatic rings. The number of nitrogens with zero attached hydrogens (tertiary/aromatic N) is 1. The number of rotatable bonds is 3. The SMILES string of the molecule is Cc1ccc(C(=O)N(C)C(C)CCl)c(Cl)c1. The second kappa shape index (κ2) is 5.55. The molecule has 1 rings (SSSR count). The molecule has 1 aromatic rings. The van der Waals surface area contributed by atoms with Crippen LogP contribution in [0.4, 0.5) is 0 Å². The average molecular weight is 260 g/mol. The normalized spacial score (nSPS) is 12.3. The molecule has 88 valence electrons. The van der Waals surface area contributed by atoms with E-state index < -0.39 is 0 Å². The quantitative estimate of drug-likeness (QED) is 0.763. The fraction of sp³-hybridized carbons (Fsp3) is 0.417. The van der Waals surface area contributed by atoms with Crippen LogP contribution < -0.4 is 0 Å². The van der Waals surface area contributed by atoms with Crippen LogP contribution in [0.15, 0.2) is 18.2 Å². The average Bonchev–Trinajstić information content (AvgIpc) is 2.26. The van der Waals surface area contributed by atoms with Crippen LogP contribution in [0, 0.1) is 6.92 Å². The minimum atomic E-state index is -0.0989. The summed E-state index contributed by atoms with van der Waals surface area (Å²) in [6.07, 6.45) is 0. The summed E-state index contributed by atoms with van der Waals surface area (Å²) in [6, 6.07) is 5.40. The molecule has 1 aromatic carbocycles. The van der Waals surface area contributed by atoms with Crippen LogP contribution in [-0.2, 0) is 0 Å². The monoisotopic (exact) mass is 259 g/mol. The van der Waals surface area contributed by atoms with Gasteiger partial charge in [-0.25, -0.2) is 0 Å². The minimum Gasteiger partial charge on any atom is -0.338 e. The Kier molecular flexibility index (Phi) is 4.63. The fourth-order valence-electron chi connectivity index (χ4n) is 1.29. The summed E-state index contributed by atoms with van der Waals surface area (Å²) in [5.41, 5.74) is 1.56. The lowest BCUT2D eigenvalue weighted by atomic mass is 10.1. The van der Waals surface area contributed by atoms with Gasteiger partial charge in [0, 0.05) is 19.0 Å². The van der Waals surface area contributed by atoms with Gasteiger partial charge in [0.05, 0.1) is 10.6 Å². The molecule has 0 heterocycles. The summed E-state index contributed by atoms with van der Waals surface area (Å²) in [5.74, 6) is 0.310. The van der Waals surface area contributed by atoms with Crippen molar-refractivity contribution in [2.45, 2.75) is 19.9 Å². The van der Waals surface area contributed by atoms with Crippen molar-refractivity contribution in [3.05, 3.63) is 34.3 Å². The maximum Gasteiger partial charge on any atom is 0.255 e. The van der Waals surface area contributed by atoms with E-state index in [1.807, 2.05) is 19.9 Å². The van der Waals surface area contributed by atoms with Crippen molar-refractivity contribution in [2.75, 3.05) is 12.9 Å². The number of aryl methyl sites for hydroxylation is 1. The second-order valence-electron chi connectivity index (χ2n) is 3.90. The third-order valence-corrected chi connectivity index (χ3v) is 3.32. The van der Waals surface area contributed by atoms with Gasteiger partial charge in [0.15, 0.2) is 0 Å². The van der Waals surface area contributed by atoms with Gasteiger partial charge in [-0.2, -0.15) is 0 Å². The van der Waals surface area contributed by atoms with Crippen LogP contribution in [0.2, 0.25) is 5.02 Å². The Hall–Kier alpha value is -0.730. The molecule has 1 amide bonds. The highest BCUT2D eigenvalue weighted by Gasteiger charge is 2.18. The van der Waals surface area contributed by atoms with Gasteiger partial charge in [-0.05, 0) is 31.5 Å². The highest BCUT2D eigenvalue weighted by molar-refractivity contribution is 6.33. The number of carbonyl (C=O) groups excluding carboxylic acids is 1. The van der Waals surface area contributed by atoms with Crippen molar-refractivity contribution in [1.29, 1.82) is 0 Å². The molecule has 0 spiro atoms. The van der Waals surface area contributed by atoms with E-state index in [9.17, 15) is 4.79 Å². The summed E-state index contributed by atoms with van der Waals surface area (Å²) in [6.45, 7) is 3.83.